The van der Waals surface area contributed by atoms with E-state index >= 15 is 0 Å². The average Bonchev–Trinajstić information content (AvgIpc) is 3.14. The van der Waals surface area contributed by atoms with Gasteiger partial charge in [0, 0.05) is 66.1 Å². The number of methoxy groups -OCH3 is 4. The first kappa shape index (κ1) is 53.2. The second kappa shape index (κ2) is 23.3. The minimum Gasteiger partial charge on any atom is -0.479 e. The molecule has 1 fully saturated rings. The van der Waals surface area contributed by atoms with Crippen molar-refractivity contribution in [3.8, 4) is 0 Å². The minimum atomic E-state index is -2.40. The average molecular weight is 839 g/mol. The summed E-state index contributed by atoms with van der Waals surface area (Å²) < 4.78 is 48.1. The molecule has 0 spiro atoms. The van der Waals surface area contributed by atoms with Crippen LogP contribution in [0.4, 0.5) is 0 Å². The zero-order valence-corrected chi connectivity index (χ0v) is 39.8. The van der Waals surface area contributed by atoms with Crippen molar-refractivity contribution in [3.63, 3.8) is 0 Å². The summed E-state index contributed by atoms with van der Waals surface area (Å²) in [6.45, 7) is 25.2. The van der Waals surface area contributed by atoms with E-state index in [2.05, 4.69) is 67.6 Å². The minimum absolute atomic E-state index is 0.0360. The van der Waals surface area contributed by atoms with Gasteiger partial charge in [-0.3, -0.25) is 0 Å². The predicted molar refractivity (Wildman–Crippen MR) is 224 cm³/mol. The number of carboxylic acids is 1. The van der Waals surface area contributed by atoms with Gasteiger partial charge in [0.05, 0.1) is 36.6 Å². The SMILES string of the molecule is CC[C@@H](/C=C(/C)[C@H](O)C[C@@H](C[C@@H](O)C(C)(C)[C@]1(O)O[C@H](C[C@H](OC)[C@@H](OCOC)C(=O)O)C[C@H](OC)[C@@H]1O[Si](CC)(CC)CC)OC)CO[Si](C)(C)C(C)(C)C. The monoisotopic (exact) mass is 839 g/mol. The number of carboxylic acid groups (broad SMARTS) is 1. The standard InChI is InChI=1S/C41H82O13Si2/c1-17-29(26-52-55(15,16)39(6,7)8)21-28(5)32(42)22-30(48-12)25-35(43)40(9,10)41(46)37(54-56(18-2,19-3)20-4)34(50-14)24-31(53-41)23-33(49-13)36(38(44)45)51-27-47-11/h21,29-37,42-43,46H,17-20,22-27H2,1-16H3,(H,44,45)/b28-21-/t29-,30-,31+,32+,33-,34-,35+,36+,37-,41+/m0/s1. The molecule has 0 unspecified atom stereocenters. The van der Waals surface area contributed by atoms with Crippen molar-refractivity contribution >= 4 is 22.6 Å². The van der Waals surface area contributed by atoms with Crippen LogP contribution >= 0.6 is 0 Å². The lowest BCUT2D eigenvalue weighted by atomic mass is 9.70. The van der Waals surface area contributed by atoms with Crippen LogP contribution in [0, 0.1) is 11.3 Å². The van der Waals surface area contributed by atoms with Crippen LogP contribution in [0.25, 0.3) is 0 Å². The van der Waals surface area contributed by atoms with Crippen LogP contribution < -0.4 is 0 Å². The van der Waals surface area contributed by atoms with Crippen LogP contribution in [0.3, 0.4) is 0 Å². The Morgan fingerprint density at radius 3 is 2.00 bits per heavy atom. The van der Waals surface area contributed by atoms with E-state index in [0.29, 0.717) is 6.61 Å². The van der Waals surface area contributed by atoms with E-state index in [9.17, 15) is 25.2 Å². The van der Waals surface area contributed by atoms with Crippen LogP contribution in [-0.2, 0) is 42.1 Å². The number of aliphatic carboxylic acids is 1. The Bertz CT molecular complexity index is 1170. The summed E-state index contributed by atoms with van der Waals surface area (Å²) >= 11 is 0. The summed E-state index contributed by atoms with van der Waals surface area (Å²) in [5.74, 6) is -3.20. The van der Waals surface area contributed by atoms with Gasteiger partial charge in [-0.15, -0.1) is 0 Å². The number of aliphatic hydroxyl groups is 3. The lowest BCUT2D eigenvalue weighted by Crippen LogP contribution is -2.70. The van der Waals surface area contributed by atoms with Gasteiger partial charge in [-0.05, 0) is 61.1 Å². The van der Waals surface area contributed by atoms with Crippen LogP contribution in [0.2, 0.25) is 36.3 Å². The van der Waals surface area contributed by atoms with Gasteiger partial charge in [-0.25, -0.2) is 4.79 Å². The summed E-state index contributed by atoms with van der Waals surface area (Å²) in [6, 6.07) is 2.41. The molecule has 4 N–H and O–H groups in total. The van der Waals surface area contributed by atoms with E-state index in [1.165, 1.54) is 14.2 Å². The summed E-state index contributed by atoms with van der Waals surface area (Å²) in [6.07, 6.45) is -3.79. The summed E-state index contributed by atoms with van der Waals surface area (Å²) in [4.78, 5) is 12.2. The van der Waals surface area contributed by atoms with Crippen molar-refractivity contribution in [2.75, 3.05) is 41.8 Å². The van der Waals surface area contributed by atoms with Gasteiger partial charge in [-0.1, -0.05) is 68.4 Å². The maximum atomic E-state index is 13.0. The molecule has 0 aromatic rings. The third kappa shape index (κ3) is 13.9. The predicted octanol–water partition coefficient (Wildman–Crippen LogP) is 6.89. The summed E-state index contributed by atoms with van der Waals surface area (Å²) in [5, 5.41) is 46.5. The third-order valence-corrected chi connectivity index (χ3v) is 22.1. The normalized spacial score (nSPS) is 25.1. The Kier molecular flexibility index (Phi) is 22.1. The number of hydrogen-bond donors (Lipinski definition) is 4. The van der Waals surface area contributed by atoms with Gasteiger partial charge in [0.15, 0.2) is 22.7 Å². The molecular formula is C41H82O13Si2. The first-order valence-corrected chi connectivity index (χ1v) is 26.0. The number of aliphatic hydroxyl groups excluding tert-OH is 2. The topological polar surface area (TPSA) is 172 Å². The molecule has 1 heterocycles. The van der Waals surface area contributed by atoms with Crippen LogP contribution in [0.5, 0.6) is 0 Å². The second-order valence-corrected chi connectivity index (χ2v) is 27.3. The summed E-state index contributed by atoms with van der Waals surface area (Å²) in [5.41, 5.74) is -0.577. The molecule has 13 nitrogen and oxygen atoms in total. The maximum absolute atomic E-state index is 13.0. The zero-order valence-electron chi connectivity index (χ0n) is 37.8. The molecule has 1 aliphatic rings. The number of hydrogen-bond acceptors (Lipinski definition) is 12. The molecule has 0 amide bonds. The van der Waals surface area contributed by atoms with E-state index in [1.807, 2.05) is 6.92 Å². The molecule has 0 radical (unpaired) electrons. The van der Waals surface area contributed by atoms with Gasteiger partial charge in [0.2, 0.25) is 5.79 Å². The van der Waals surface area contributed by atoms with E-state index in [-0.39, 0.29) is 43.4 Å². The first-order valence-electron chi connectivity index (χ1n) is 20.6. The molecule has 0 aromatic carbocycles. The molecule has 10 atom stereocenters. The van der Waals surface area contributed by atoms with Crippen LogP contribution in [0.15, 0.2) is 11.6 Å². The molecular weight excluding hydrogens is 757 g/mol. The van der Waals surface area contributed by atoms with E-state index < -0.39 is 82.6 Å². The van der Waals surface area contributed by atoms with Crippen molar-refractivity contribution in [1.29, 1.82) is 0 Å². The molecule has 0 saturated carbocycles. The van der Waals surface area contributed by atoms with Crippen molar-refractivity contribution < 1.29 is 62.5 Å². The van der Waals surface area contributed by atoms with Gasteiger partial charge < -0.3 is 57.7 Å². The smallest absolute Gasteiger partial charge is 0.335 e. The highest BCUT2D eigenvalue weighted by molar-refractivity contribution is 6.74. The fourth-order valence-corrected chi connectivity index (χ4v) is 11.1. The highest BCUT2D eigenvalue weighted by Gasteiger charge is 2.62. The molecule has 1 rings (SSSR count). The van der Waals surface area contributed by atoms with E-state index in [0.717, 1.165) is 30.1 Å². The Morgan fingerprint density at radius 2 is 1.55 bits per heavy atom. The summed E-state index contributed by atoms with van der Waals surface area (Å²) in [7, 11) is 1.56. The third-order valence-electron chi connectivity index (χ3n) is 13.0. The Hall–Kier alpha value is -0.796. The van der Waals surface area contributed by atoms with Gasteiger partial charge in [0.25, 0.3) is 0 Å². The van der Waals surface area contributed by atoms with Crippen molar-refractivity contribution in [1.82, 2.24) is 0 Å². The molecule has 0 aliphatic carbocycles. The van der Waals surface area contributed by atoms with Gasteiger partial charge in [-0.2, -0.15) is 0 Å². The molecule has 1 aliphatic heterocycles. The highest BCUT2D eigenvalue weighted by atomic mass is 28.4. The van der Waals surface area contributed by atoms with Gasteiger partial charge >= 0.3 is 5.97 Å². The molecule has 0 aromatic heterocycles. The van der Waals surface area contributed by atoms with Crippen LogP contribution in [0.1, 0.15) is 101 Å². The molecule has 15 heteroatoms. The molecule has 332 valence electrons. The van der Waals surface area contributed by atoms with Gasteiger partial charge in [0.1, 0.15) is 12.9 Å². The van der Waals surface area contributed by atoms with Crippen molar-refractivity contribution in [2.24, 2.45) is 11.3 Å². The number of ether oxygens (including phenoxy) is 6. The van der Waals surface area contributed by atoms with Crippen molar-refractivity contribution in [3.05, 3.63) is 11.6 Å². The number of carbonyl (C=O) groups is 1. The fourth-order valence-electron chi connectivity index (χ4n) is 7.20. The van der Waals surface area contributed by atoms with E-state index in [1.54, 1.807) is 28.1 Å². The lowest BCUT2D eigenvalue weighted by Gasteiger charge is -2.56. The second-order valence-electron chi connectivity index (χ2n) is 17.8. The maximum Gasteiger partial charge on any atom is 0.335 e. The van der Waals surface area contributed by atoms with Crippen LogP contribution in [-0.4, -0.2) is 139 Å². The highest BCUT2D eigenvalue weighted by Crippen LogP contribution is 2.49. The zero-order chi connectivity index (χ0) is 43.3. The van der Waals surface area contributed by atoms with Crippen molar-refractivity contribution in [2.45, 2.75) is 192 Å². The number of rotatable bonds is 27. The molecule has 0 bridgehead atoms. The lowest BCUT2D eigenvalue weighted by molar-refractivity contribution is -0.376. The molecule has 1 saturated heterocycles. The quantitative estimate of drug-likeness (QED) is 0.0384. The molecule has 56 heavy (non-hydrogen) atoms. The Labute approximate surface area is 341 Å². The van der Waals surface area contributed by atoms with E-state index in [4.69, 9.17) is 37.3 Å². The fraction of sp³-hybridized carbons (Fsp3) is 0.927. The Morgan fingerprint density at radius 1 is 0.964 bits per heavy atom. The Balaban J connectivity index is 3.50. The largest absolute Gasteiger partial charge is 0.479 e. The first-order chi connectivity index (χ1) is 25.9.